The summed E-state index contributed by atoms with van der Waals surface area (Å²) < 4.78 is 0. The molecule has 1 aliphatic heterocycles. The highest BCUT2D eigenvalue weighted by atomic mass is 16.1. The number of piperidine rings is 1. The average molecular weight is 214 g/mol. The molecular weight excluding hydrogens is 188 g/mol. The molecule has 1 rings (SSSR count). The van der Waals surface area contributed by atoms with Crippen molar-refractivity contribution < 1.29 is 4.79 Å². The molecule has 15 heavy (non-hydrogen) atoms. The minimum absolute atomic E-state index is 0.259. The van der Waals surface area contributed by atoms with Crippen molar-refractivity contribution in [2.75, 3.05) is 26.7 Å². The van der Waals surface area contributed by atoms with Gasteiger partial charge in [0.05, 0.1) is 0 Å². The Kier molecular flexibility index (Phi) is 8.38. The van der Waals surface area contributed by atoms with E-state index in [0.29, 0.717) is 0 Å². The predicted octanol–water partition coefficient (Wildman–Crippen LogP) is 1.88. The summed E-state index contributed by atoms with van der Waals surface area (Å²) >= 11 is 0. The molecule has 0 bridgehead atoms. The monoisotopic (exact) mass is 214 g/mol. The Morgan fingerprint density at radius 3 is 2.33 bits per heavy atom. The van der Waals surface area contributed by atoms with Crippen molar-refractivity contribution >= 4 is 5.91 Å². The number of hydrogen-bond donors (Lipinski definition) is 1. The fourth-order valence-corrected chi connectivity index (χ4v) is 1.66. The second-order valence-electron chi connectivity index (χ2n) is 3.87. The number of carbonyl (C=O) groups excluding carboxylic acids is 1. The zero-order valence-electron chi connectivity index (χ0n) is 10.7. The maximum absolute atomic E-state index is 11.5. The second kappa shape index (κ2) is 8.72. The van der Waals surface area contributed by atoms with Gasteiger partial charge in [0.25, 0.3) is 0 Å². The molecule has 90 valence electrons. The van der Waals surface area contributed by atoms with Crippen molar-refractivity contribution in [1.82, 2.24) is 10.2 Å². The smallest absolute Gasteiger partial charge is 0.223 e. The molecule has 3 nitrogen and oxygen atoms in total. The highest BCUT2D eigenvalue weighted by Gasteiger charge is 2.22. The van der Waals surface area contributed by atoms with Crippen LogP contribution in [-0.4, -0.2) is 37.5 Å². The topological polar surface area (TPSA) is 32.3 Å². The van der Waals surface area contributed by atoms with Gasteiger partial charge in [-0.25, -0.2) is 0 Å². The summed E-state index contributed by atoms with van der Waals surface area (Å²) in [5, 5.41) is 2.96. The van der Waals surface area contributed by atoms with Crippen molar-refractivity contribution in [3.63, 3.8) is 0 Å². The van der Waals surface area contributed by atoms with Crippen LogP contribution >= 0.6 is 0 Å². The van der Waals surface area contributed by atoms with Gasteiger partial charge in [-0.1, -0.05) is 20.8 Å². The van der Waals surface area contributed by atoms with E-state index in [4.69, 9.17) is 0 Å². The number of amides is 1. The molecule has 0 aromatic rings. The summed E-state index contributed by atoms with van der Waals surface area (Å²) in [5.41, 5.74) is 0. The van der Waals surface area contributed by atoms with E-state index in [1.54, 1.807) is 0 Å². The molecule has 0 saturated carbocycles. The Morgan fingerprint density at radius 2 is 1.87 bits per heavy atom. The van der Waals surface area contributed by atoms with E-state index in [0.717, 1.165) is 38.9 Å². The fraction of sp³-hybridized carbons (Fsp3) is 0.917. The maximum atomic E-state index is 11.5. The Balaban J connectivity index is 0.000000921. The van der Waals surface area contributed by atoms with E-state index in [1.807, 2.05) is 13.8 Å². The van der Waals surface area contributed by atoms with Gasteiger partial charge >= 0.3 is 0 Å². The third-order valence-electron chi connectivity index (χ3n) is 2.64. The van der Waals surface area contributed by atoms with Gasteiger partial charge < -0.3 is 10.2 Å². The van der Waals surface area contributed by atoms with E-state index >= 15 is 0 Å². The first-order chi connectivity index (χ1) is 7.24. The molecule has 0 radical (unpaired) electrons. The summed E-state index contributed by atoms with van der Waals surface area (Å²) in [5.74, 6) is 0.526. The van der Waals surface area contributed by atoms with Crippen LogP contribution in [0.15, 0.2) is 0 Å². The third kappa shape index (κ3) is 5.78. The average Bonchev–Trinajstić information content (AvgIpc) is 2.29. The molecule has 1 fully saturated rings. The molecular formula is C12H26N2O. The summed E-state index contributed by atoms with van der Waals surface area (Å²) in [7, 11) is 2.11. The van der Waals surface area contributed by atoms with Gasteiger partial charge in [-0.15, -0.1) is 0 Å². The Labute approximate surface area is 94.2 Å². The fourth-order valence-electron chi connectivity index (χ4n) is 1.66. The van der Waals surface area contributed by atoms with Crippen LogP contribution in [0.1, 0.15) is 40.0 Å². The number of nitrogens with zero attached hydrogens (tertiary/aromatic N) is 1. The number of nitrogens with one attached hydrogen (secondary N) is 1. The minimum Gasteiger partial charge on any atom is -0.356 e. The molecule has 1 aliphatic rings. The SMILES string of the molecule is CC.CCCNC(=O)C1CCN(C)CC1. The van der Waals surface area contributed by atoms with Crippen molar-refractivity contribution in [2.45, 2.75) is 40.0 Å². The van der Waals surface area contributed by atoms with Crippen molar-refractivity contribution in [2.24, 2.45) is 5.92 Å². The van der Waals surface area contributed by atoms with E-state index < -0.39 is 0 Å². The molecule has 1 saturated heterocycles. The zero-order chi connectivity index (χ0) is 11.7. The Hall–Kier alpha value is -0.570. The number of rotatable bonds is 3. The van der Waals surface area contributed by atoms with Gasteiger partial charge in [-0.05, 0) is 39.4 Å². The molecule has 1 heterocycles. The molecule has 0 aromatic heterocycles. The molecule has 0 aromatic carbocycles. The third-order valence-corrected chi connectivity index (χ3v) is 2.64. The first kappa shape index (κ1) is 14.4. The first-order valence-corrected chi connectivity index (χ1v) is 6.20. The van der Waals surface area contributed by atoms with Crippen molar-refractivity contribution in [3.8, 4) is 0 Å². The second-order valence-corrected chi connectivity index (χ2v) is 3.87. The quantitative estimate of drug-likeness (QED) is 0.778. The van der Waals surface area contributed by atoms with Gasteiger partial charge in [0.15, 0.2) is 0 Å². The summed E-state index contributed by atoms with van der Waals surface area (Å²) in [6, 6.07) is 0. The molecule has 0 spiro atoms. The lowest BCUT2D eigenvalue weighted by Crippen LogP contribution is -2.39. The number of hydrogen-bond acceptors (Lipinski definition) is 2. The summed E-state index contributed by atoms with van der Waals surface area (Å²) in [6.07, 6.45) is 3.07. The molecule has 0 aliphatic carbocycles. The van der Waals surface area contributed by atoms with Crippen LogP contribution < -0.4 is 5.32 Å². The minimum atomic E-state index is 0.259. The lowest BCUT2D eigenvalue weighted by Gasteiger charge is -2.27. The predicted molar refractivity (Wildman–Crippen MR) is 64.9 cm³/mol. The molecule has 1 N–H and O–H groups in total. The van der Waals surface area contributed by atoms with Crippen molar-refractivity contribution in [1.29, 1.82) is 0 Å². The molecule has 3 heteroatoms. The van der Waals surface area contributed by atoms with Gasteiger partial charge in [0.2, 0.25) is 5.91 Å². The van der Waals surface area contributed by atoms with Gasteiger partial charge in [0, 0.05) is 12.5 Å². The first-order valence-electron chi connectivity index (χ1n) is 6.20. The lowest BCUT2D eigenvalue weighted by atomic mass is 9.96. The van der Waals surface area contributed by atoms with Crippen LogP contribution in [0.4, 0.5) is 0 Å². The van der Waals surface area contributed by atoms with Gasteiger partial charge in [0.1, 0.15) is 0 Å². The Bertz CT molecular complexity index is 163. The Morgan fingerprint density at radius 1 is 1.33 bits per heavy atom. The largest absolute Gasteiger partial charge is 0.356 e. The van der Waals surface area contributed by atoms with Gasteiger partial charge in [-0.2, -0.15) is 0 Å². The lowest BCUT2D eigenvalue weighted by molar-refractivity contribution is -0.126. The standard InChI is InChI=1S/C10H20N2O.C2H6/c1-3-6-11-10(13)9-4-7-12(2)8-5-9;1-2/h9H,3-8H2,1-2H3,(H,11,13);1-2H3. The maximum Gasteiger partial charge on any atom is 0.223 e. The van der Waals surface area contributed by atoms with Crippen LogP contribution in [-0.2, 0) is 4.79 Å². The van der Waals surface area contributed by atoms with Crippen molar-refractivity contribution in [3.05, 3.63) is 0 Å². The number of likely N-dealkylation sites (tertiary alicyclic amines) is 1. The highest BCUT2D eigenvalue weighted by molar-refractivity contribution is 5.78. The molecule has 0 unspecified atom stereocenters. The van der Waals surface area contributed by atoms with Crippen LogP contribution in [0.25, 0.3) is 0 Å². The summed E-state index contributed by atoms with van der Waals surface area (Å²) in [6.45, 7) is 9.02. The van der Waals surface area contributed by atoms with Crippen LogP contribution in [0, 0.1) is 5.92 Å². The normalized spacial score (nSPS) is 17.9. The molecule has 1 amide bonds. The van der Waals surface area contributed by atoms with Crippen LogP contribution in [0.2, 0.25) is 0 Å². The summed E-state index contributed by atoms with van der Waals surface area (Å²) in [4.78, 5) is 13.8. The van der Waals surface area contributed by atoms with Crippen LogP contribution in [0.3, 0.4) is 0 Å². The van der Waals surface area contributed by atoms with Crippen LogP contribution in [0.5, 0.6) is 0 Å². The van der Waals surface area contributed by atoms with Gasteiger partial charge in [-0.3, -0.25) is 4.79 Å². The van der Waals surface area contributed by atoms with E-state index in [1.165, 1.54) is 0 Å². The van der Waals surface area contributed by atoms with E-state index in [2.05, 4.69) is 24.2 Å². The number of carbonyl (C=O) groups is 1. The van der Waals surface area contributed by atoms with E-state index in [-0.39, 0.29) is 11.8 Å². The van der Waals surface area contributed by atoms with E-state index in [9.17, 15) is 4.79 Å². The highest BCUT2D eigenvalue weighted by Crippen LogP contribution is 2.15. The molecule has 0 atom stereocenters. The zero-order valence-corrected chi connectivity index (χ0v) is 10.7.